The van der Waals surface area contributed by atoms with Crippen molar-refractivity contribution in [3.63, 3.8) is 0 Å². The number of aromatic nitrogens is 2. The molecule has 7 nitrogen and oxygen atoms in total. The summed E-state index contributed by atoms with van der Waals surface area (Å²) >= 11 is 13.0. The molecule has 1 aliphatic rings. The molecule has 2 heterocycles. The Bertz CT molecular complexity index is 1220. The molecular formula is C20H22ClN5O2S3. The number of benzene rings is 2. The number of piperazine rings is 1. The largest absolute Gasteiger partial charge is 0.330 e. The van der Waals surface area contributed by atoms with Crippen LogP contribution in [-0.4, -0.2) is 53.6 Å². The van der Waals surface area contributed by atoms with Gasteiger partial charge in [-0.05, 0) is 43.4 Å². The first-order chi connectivity index (χ1) is 14.8. The van der Waals surface area contributed by atoms with Crippen LogP contribution in [0.4, 0.5) is 10.8 Å². The number of nitrogens with one attached hydrogen (secondary N) is 1. The summed E-state index contributed by atoms with van der Waals surface area (Å²) in [5.74, 6) is 0. The van der Waals surface area contributed by atoms with Gasteiger partial charge in [-0.25, -0.2) is 13.1 Å². The van der Waals surface area contributed by atoms with E-state index in [2.05, 4.69) is 15.3 Å². The normalized spacial score (nSPS) is 15.8. The van der Waals surface area contributed by atoms with Crippen molar-refractivity contribution >= 4 is 56.0 Å². The summed E-state index contributed by atoms with van der Waals surface area (Å²) in [6, 6.07) is 14.6. The predicted octanol–water partition coefficient (Wildman–Crippen LogP) is 4.34. The standard InChI is InChI=1S/C20H22ClN5O2S3/c1-15-6-8-16(9-7-15)22-19-23-26(20(29)30-19)14-24-10-12-25(13-11-24)31(27,28)18-5-3-2-4-17(18)21/h2-9H,10-14H2,1H3,(H,22,23). The highest BCUT2D eigenvalue weighted by Crippen LogP contribution is 2.25. The number of rotatable bonds is 6. The maximum Gasteiger partial charge on any atom is 0.244 e. The molecule has 0 atom stereocenters. The van der Waals surface area contributed by atoms with Crippen molar-refractivity contribution in [2.75, 3.05) is 31.5 Å². The van der Waals surface area contributed by atoms with Crippen LogP contribution in [0.3, 0.4) is 0 Å². The molecule has 0 unspecified atom stereocenters. The van der Waals surface area contributed by atoms with Crippen molar-refractivity contribution in [2.45, 2.75) is 18.5 Å². The molecule has 1 N–H and O–H groups in total. The second kappa shape index (κ2) is 9.35. The van der Waals surface area contributed by atoms with Gasteiger partial charge in [0.15, 0.2) is 3.95 Å². The van der Waals surface area contributed by atoms with Crippen molar-refractivity contribution in [2.24, 2.45) is 0 Å². The molecule has 1 fully saturated rings. The van der Waals surface area contributed by atoms with Crippen LogP contribution in [0.25, 0.3) is 0 Å². The summed E-state index contributed by atoms with van der Waals surface area (Å²) in [4.78, 5) is 2.29. The van der Waals surface area contributed by atoms with Gasteiger partial charge in [-0.2, -0.15) is 4.31 Å². The Morgan fingerprint density at radius 2 is 1.77 bits per heavy atom. The van der Waals surface area contributed by atoms with Crippen molar-refractivity contribution in [1.82, 2.24) is 19.0 Å². The number of hydrogen-bond acceptors (Lipinski definition) is 7. The Hall–Kier alpha value is -1.82. The van der Waals surface area contributed by atoms with Crippen LogP contribution in [0.2, 0.25) is 5.02 Å². The molecule has 11 heteroatoms. The number of anilines is 2. The lowest BCUT2D eigenvalue weighted by molar-refractivity contribution is 0.145. The van der Waals surface area contributed by atoms with E-state index in [0.717, 1.165) is 10.8 Å². The second-order valence-electron chi connectivity index (χ2n) is 7.26. The molecule has 2 aromatic carbocycles. The van der Waals surface area contributed by atoms with Gasteiger partial charge in [0, 0.05) is 31.9 Å². The Balaban J connectivity index is 1.38. The van der Waals surface area contributed by atoms with Crippen molar-refractivity contribution in [3.8, 4) is 0 Å². The van der Waals surface area contributed by atoms with E-state index >= 15 is 0 Å². The Kier molecular flexibility index (Phi) is 6.75. The highest BCUT2D eigenvalue weighted by molar-refractivity contribution is 7.89. The number of aryl methyl sites for hydroxylation is 1. The van der Waals surface area contributed by atoms with Gasteiger partial charge in [0.05, 0.1) is 11.7 Å². The monoisotopic (exact) mass is 495 g/mol. The summed E-state index contributed by atoms with van der Waals surface area (Å²) in [7, 11) is -3.61. The van der Waals surface area contributed by atoms with Gasteiger partial charge in [0.1, 0.15) is 4.90 Å². The van der Waals surface area contributed by atoms with Gasteiger partial charge in [-0.15, -0.1) is 5.10 Å². The van der Waals surface area contributed by atoms with Gasteiger partial charge in [0.25, 0.3) is 0 Å². The number of sulfonamides is 1. The molecule has 0 saturated carbocycles. The first-order valence-corrected chi connectivity index (χ1v) is 12.8. The molecule has 0 spiro atoms. The zero-order chi connectivity index (χ0) is 22.0. The molecule has 31 heavy (non-hydrogen) atoms. The van der Waals surface area contributed by atoms with E-state index in [1.54, 1.807) is 28.9 Å². The van der Waals surface area contributed by atoms with Crippen LogP contribution < -0.4 is 5.32 Å². The number of nitrogens with zero attached hydrogens (tertiary/aromatic N) is 4. The predicted molar refractivity (Wildman–Crippen MR) is 127 cm³/mol. The van der Waals surface area contributed by atoms with E-state index < -0.39 is 10.0 Å². The molecule has 3 aromatic rings. The third-order valence-electron chi connectivity index (χ3n) is 5.03. The fourth-order valence-electron chi connectivity index (χ4n) is 3.30. The van der Waals surface area contributed by atoms with E-state index in [1.807, 2.05) is 31.2 Å². The smallest absolute Gasteiger partial charge is 0.244 e. The van der Waals surface area contributed by atoms with Gasteiger partial charge < -0.3 is 5.32 Å². The summed E-state index contributed by atoms with van der Waals surface area (Å²) in [5, 5.41) is 8.83. The first kappa shape index (κ1) is 22.4. The molecule has 1 aromatic heterocycles. The van der Waals surface area contributed by atoms with E-state index in [9.17, 15) is 8.42 Å². The Labute approximate surface area is 195 Å². The molecule has 0 bridgehead atoms. The zero-order valence-electron chi connectivity index (χ0n) is 16.9. The van der Waals surface area contributed by atoms with Crippen LogP contribution in [0.15, 0.2) is 53.4 Å². The summed E-state index contributed by atoms with van der Waals surface area (Å²) in [5.41, 5.74) is 2.15. The highest BCUT2D eigenvalue weighted by Gasteiger charge is 2.30. The summed E-state index contributed by atoms with van der Waals surface area (Å²) in [6.45, 7) is 4.51. The number of halogens is 1. The maximum atomic E-state index is 12.9. The van der Waals surface area contributed by atoms with Crippen molar-refractivity contribution in [1.29, 1.82) is 0 Å². The lowest BCUT2D eigenvalue weighted by atomic mass is 10.2. The van der Waals surface area contributed by atoms with E-state index in [4.69, 9.17) is 23.8 Å². The van der Waals surface area contributed by atoms with Crippen LogP contribution >= 0.6 is 35.2 Å². The highest BCUT2D eigenvalue weighted by atomic mass is 35.5. The molecule has 4 rings (SSSR count). The fourth-order valence-corrected chi connectivity index (χ4v) is 6.23. The SMILES string of the molecule is Cc1ccc(Nc2nn(CN3CCN(S(=O)(=O)c4ccccc4Cl)CC3)c(=S)s2)cc1. The maximum absolute atomic E-state index is 12.9. The first-order valence-electron chi connectivity index (χ1n) is 9.71. The molecule has 0 aliphatic carbocycles. The average Bonchev–Trinajstić information content (AvgIpc) is 3.09. The van der Waals surface area contributed by atoms with Crippen LogP contribution in [0.5, 0.6) is 0 Å². The molecule has 0 amide bonds. The fraction of sp³-hybridized carbons (Fsp3) is 0.300. The van der Waals surface area contributed by atoms with Crippen LogP contribution in [0, 0.1) is 10.9 Å². The van der Waals surface area contributed by atoms with E-state index in [1.165, 1.54) is 21.2 Å². The number of hydrogen-bond donors (Lipinski definition) is 1. The molecular weight excluding hydrogens is 474 g/mol. The van der Waals surface area contributed by atoms with Crippen molar-refractivity contribution < 1.29 is 8.42 Å². The summed E-state index contributed by atoms with van der Waals surface area (Å²) in [6.07, 6.45) is 0. The Morgan fingerprint density at radius 1 is 1.10 bits per heavy atom. The van der Waals surface area contributed by atoms with Crippen LogP contribution in [0.1, 0.15) is 5.56 Å². The quantitative estimate of drug-likeness (QED) is 0.513. The Morgan fingerprint density at radius 3 is 2.45 bits per heavy atom. The minimum Gasteiger partial charge on any atom is -0.330 e. The van der Waals surface area contributed by atoms with Crippen LogP contribution in [-0.2, 0) is 16.7 Å². The molecule has 1 aliphatic heterocycles. The van der Waals surface area contributed by atoms with Gasteiger partial charge >= 0.3 is 0 Å². The van der Waals surface area contributed by atoms with Gasteiger partial charge in [-0.3, -0.25) is 4.90 Å². The third-order valence-corrected chi connectivity index (χ3v) is 8.65. The minimum absolute atomic E-state index is 0.152. The van der Waals surface area contributed by atoms with Gasteiger partial charge in [0.2, 0.25) is 15.2 Å². The lowest BCUT2D eigenvalue weighted by Gasteiger charge is -2.33. The van der Waals surface area contributed by atoms with E-state index in [0.29, 0.717) is 36.8 Å². The van der Waals surface area contributed by atoms with Crippen molar-refractivity contribution in [3.05, 3.63) is 63.1 Å². The lowest BCUT2D eigenvalue weighted by Crippen LogP contribution is -2.49. The average molecular weight is 496 g/mol. The second-order valence-corrected chi connectivity index (χ2v) is 11.2. The molecule has 0 radical (unpaired) electrons. The van der Waals surface area contributed by atoms with E-state index in [-0.39, 0.29) is 9.92 Å². The third kappa shape index (κ3) is 5.16. The minimum atomic E-state index is -3.61. The summed E-state index contributed by atoms with van der Waals surface area (Å²) < 4.78 is 29.7. The van der Waals surface area contributed by atoms with Gasteiger partial charge in [-0.1, -0.05) is 52.8 Å². The topological polar surface area (TPSA) is 70.5 Å². The molecule has 164 valence electrons. The molecule has 1 saturated heterocycles. The zero-order valence-corrected chi connectivity index (χ0v) is 20.1.